The molecule has 0 saturated carbocycles. The minimum Gasteiger partial charge on any atom is -0.621 e. The Kier molecular flexibility index (Phi) is 6.26. The third kappa shape index (κ3) is 4.29. The SMILES string of the molecule is O=c1[n-]c2ccc3ccccc3c2c2cccc(n2)c(=O)[n-]c2ccc3ccccc3c2c2cccc1n2.[Pt+2]. The van der Waals surface area contributed by atoms with Gasteiger partial charge in [0.1, 0.15) is 11.1 Å². The third-order valence-corrected chi connectivity index (χ3v) is 6.71. The van der Waals surface area contributed by atoms with Crippen molar-refractivity contribution in [2.24, 2.45) is 0 Å². The fraction of sp³-hybridized carbons (Fsp3) is 0. The number of pyridine rings is 2. The van der Waals surface area contributed by atoms with Gasteiger partial charge in [-0.2, -0.15) is 0 Å². The summed E-state index contributed by atoms with van der Waals surface area (Å²) in [5, 5.41) is 5.04. The van der Waals surface area contributed by atoms with Crippen LogP contribution < -0.4 is 21.1 Å². The van der Waals surface area contributed by atoms with Gasteiger partial charge in [-0.1, -0.05) is 84.9 Å². The minimum absolute atomic E-state index is 0. The Morgan fingerprint density at radius 2 is 0.846 bits per heavy atom. The van der Waals surface area contributed by atoms with E-state index < -0.39 is 11.1 Å². The number of nitrogens with zero attached hydrogens (tertiary/aromatic N) is 4. The van der Waals surface area contributed by atoms with Crippen LogP contribution in [0.1, 0.15) is 0 Å². The molecule has 0 fully saturated rings. The first-order valence-corrected chi connectivity index (χ1v) is 12.2. The van der Waals surface area contributed by atoms with Crippen LogP contribution in [0.4, 0.5) is 0 Å². The molecule has 0 radical (unpaired) electrons. The van der Waals surface area contributed by atoms with E-state index in [2.05, 4.69) is 9.97 Å². The van der Waals surface area contributed by atoms with Gasteiger partial charge in [0.25, 0.3) is 0 Å². The summed E-state index contributed by atoms with van der Waals surface area (Å²) in [4.78, 5) is 45.3. The van der Waals surface area contributed by atoms with Crippen LogP contribution in [0.2, 0.25) is 0 Å². The quantitative estimate of drug-likeness (QED) is 0.203. The molecule has 6 nitrogen and oxygen atoms in total. The molecule has 0 amide bonds. The average molecular weight is 686 g/mol. The van der Waals surface area contributed by atoms with Gasteiger partial charge in [0.2, 0.25) is 0 Å². The van der Waals surface area contributed by atoms with Crippen molar-refractivity contribution in [3.63, 3.8) is 0 Å². The van der Waals surface area contributed by atoms with E-state index in [4.69, 9.17) is 9.97 Å². The van der Waals surface area contributed by atoms with Crippen LogP contribution in [0.25, 0.3) is 65.4 Å². The van der Waals surface area contributed by atoms with E-state index in [0.29, 0.717) is 32.8 Å². The first kappa shape index (κ1) is 24.7. The summed E-state index contributed by atoms with van der Waals surface area (Å²) in [5.74, 6) is 0. The maximum Gasteiger partial charge on any atom is 2.00 e. The maximum absolute atomic E-state index is 13.5. The predicted molar refractivity (Wildman–Crippen MR) is 153 cm³/mol. The van der Waals surface area contributed by atoms with Crippen LogP contribution in [0.5, 0.6) is 0 Å². The van der Waals surface area contributed by atoms with Gasteiger partial charge in [-0.05, 0) is 56.6 Å². The molecule has 39 heavy (non-hydrogen) atoms. The Bertz CT molecular complexity index is 2140. The third-order valence-electron chi connectivity index (χ3n) is 6.71. The van der Waals surface area contributed by atoms with E-state index in [1.165, 1.54) is 0 Å². The number of rotatable bonds is 0. The van der Waals surface area contributed by atoms with Gasteiger partial charge >= 0.3 is 21.1 Å². The molecule has 0 atom stereocenters. The number of aromatic nitrogens is 4. The molecule has 4 aromatic carbocycles. The zero-order valence-electron chi connectivity index (χ0n) is 20.3. The van der Waals surface area contributed by atoms with Crippen molar-refractivity contribution in [3.8, 4) is 0 Å². The van der Waals surface area contributed by atoms with Crippen molar-refractivity contribution >= 4 is 65.4 Å². The molecule has 4 bridgehead atoms. The molecule has 7 rings (SSSR count). The van der Waals surface area contributed by atoms with Gasteiger partial charge in [-0.25, -0.2) is 9.97 Å². The molecule has 188 valence electrons. The van der Waals surface area contributed by atoms with Crippen LogP contribution in [-0.4, -0.2) is 9.97 Å². The van der Waals surface area contributed by atoms with E-state index >= 15 is 0 Å². The second kappa shape index (κ2) is 9.90. The summed E-state index contributed by atoms with van der Waals surface area (Å²) in [6.07, 6.45) is 0. The van der Waals surface area contributed by atoms with Gasteiger partial charge in [0, 0.05) is 0 Å². The fourth-order valence-electron chi connectivity index (χ4n) is 4.96. The molecule has 0 unspecified atom stereocenters. The van der Waals surface area contributed by atoms with Crippen molar-refractivity contribution < 1.29 is 21.1 Å². The molecular formula is C32H18N4O2Pt. The zero-order chi connectivity index (χ0) is 25.6. The van der Waals surface area contributed by atoms with Gasteiger partial charge in [-0.15, -0.1) is 11.0 Å². The fourth-order valence-corrected chi connectivity index (χ4v) is 4.96. The maximum atomic E-state index is 13.5. The summed E-state index contributed by atoms with van der Waals surface area (Å²) < 4.78 is 0. The van der Waals surface area contributed by atoms with Gasteiger partial charge in [0.05, 0.1) is 22.1 Å². The van der Waals surface area contributed by atoms with Gasteiger partial charge in [-0.3, -0.25) is 0 Å². The molecular weight excluding hydrogens is 667 g/mol. The van der Waals surface area contributed by atoms with E-state index in [9.17, 15) is 9.59 Å². The summed E-state index contributed by atoms with van der Waals surface area (Å²) in [6.45, 7) is 0. The van der Waals surface area contributed by atoms with E-state index in [-0.39, 0.29) is 32.1 Å². The Morgan fingerprint density at radius 3 is 1.31 bits per heavy atom. The number of hydrogen-bond acceptors (Lipinski definition) is 4. The summed E-state index contributed by atoms with van der Waals surface area (Å²) in [5.41, 5.74) is 1.45. The second-order valence-corrected chi connectivity index (χ2v) is 9.01. The van der Waals surface area contributed by atoms with Crippen LogP contribution >= 0.6 is 0 Å². The molecule has 7 heteroatoms. The molecule has 3 aromatic heterocycles. The van der Waals surface area contributed by atoms with Crippen LogP contribution in [0.3, 0.4) is 0 Å². The monoisotopic (exact) mass is 685 g/mol. The normalized spacial score (nSPS) is 11.1. The van der Waals surface area contributed by atoms with Crippen molar-refractivity contribution in [2.45, 2.75) is 0 Å². The molecule has 3 heterocycles. The van der Waals surface area contributed by atoms with E-state index in [0.717, 1.165) is 21.5 Å². The topological polar surface area (TPSA) is 88.1 Å². The van der Waals surface area contributed by atoms with Crippen molar-refractivity contribution in [1.82, 2.24) is 19.9 Å². The first-order valence-electron chi connectivity index (χ1n) is 12.2. The Morgan fingerprint density at radius 1 is 0.436 bits per heavy atom. The van der Waals surface area contributed by atoms with Crippen LogP contribution in [0, 0.1) is 0 Å². The smallest absolute Gasteiger partial charge is 0.621 e. The van der Waals surface area contributed by atoms with Crippen LogP contribution in [0.15, 0.2) is 119 Å². The van der Waals surface area contributed by atoms with Crippen LogP contribution in [-0.2, 0) is 21.1 Å². The standard InChI is InChI=1S/C32H20N4O2.Pt/c37-31-28-14-6-12-24(34-28)30-22-10-4-2-8-20(22)16-18-26(30)36-32(38)27-13-5-11-23(33-27)29-21-9-3-1-7-19(21)15-17-25(29)35-31;/h1-18H,(H2,33,34,35,36,37,38);/q;+2/p-2. The minimum atomic E-state index is -0.466. The predicted octanol–water partition coefficient (Wildman–Crippen LogP) is 5.71. The first-order chi connectivity index (χ1) is 18.7. The second-order valence-electron chi connectivity index (χ2n) is 9.01. The molecule has 7 aromatic rings. The van der Waals surface area contributed by atoms with E-state index in [1.54, 1.807) is 36.4 Å². The number of benzene rings is 4. The summed E-state index contributed by atoms with van der Waals surface area (Å²) >= 11 is 0. The zero-order valence-corrected chi connectivity index (χ0v) is 22.6. The molecule has 0 saturated heterocycles. The van der Waals surface area contributed by atoms with Crippen molar-refractivity contribution in [3.05, 3.63) is 130 Å². The van der Waals surface area contributed by atoms with E-state index in [1.807, 2.05) is 72.8 Å². The largest absolute Gasteiger partial charge is 2.00 e. The summed E-state index contributed by atoms with van der Waals surface area (Å²) in [7, 11) is 0. The number of fused-ring (bicyclic) bond motifs is 12. The Balaban J connectivity index is 0.00000277. The molecule has 0 aliphatic carbocycles. The molecule has 0 N–H and O–H groups in total. The Labute approximate surface area is 235 Å². The molecule has 0 aliphatic heterocycles. The van der Waals surface area contributed by atoms with Crippen molar-refractivity contribution in [2.75, 3.05) is 0 Å². The Hall–Kier alpha value is -4.67. The average Bonchev–Trinajstić information content (AvgIpc) is 2.96. The number of hydrogen-bond donors (Lipinski definition) is 0. The van der Waals surface area contributed by atoms with Crippen molar-refractivity contribution in [1.29, 1.82) is 0 Å². The summed E-state index contributed by atoms with van der Waals surface area (Å²) in [6, 6.07) is 33.5. The van der Waals surface area contributed by atoms with Gasteiger partial charge < -0.3 is 19.6 Å². The van der Waals surface area contributed by atoms with Gasteiger partial charge in [0.15, 0.2) is 0 Å². The molecule has 0 spiro atoms. The molecule has 0 aliphatic rings.